The van der Waals surface area contributed by atoms with Crippen LogP contribution >= 0.6 is 0 Å². The summed E-state index contributed by atoms with van der Waals surface area (Å²) in [5.74, 6) is 1.46. The van der Waals surface area contributed by atoms with E-state index in [1.54, 1.807) is 14.0 Å². The molecule has 0 saturated carbocycles. The molecule has 0 N–H and O–H groups in total. The van der Waals surface area contributed by atoms with Gasteiger partial charge in [-0.25, -0.2) is 0 Å². The predicted octanol–water partition coefficient (Wildman–Crippen LogP) is 2.38. The lowest BCUT2D eigenvalue weighted by Gasteiger charge is -2.24. The maximum atomic E-state index is 11.3. The van der Waals surface area contributed by atoms with E-state index in [-0.39, 0.29) is 11.9 Å². The van der Waals surface area contributed by atoms with Crippen molar-refractivity contribution in [3.05, 3.63) is 23.8 Å². The van der Waals surface area contributed by atoms with Gasteiger partial charge in [-0.05, 0) is 25.8 Å². The number of carbonyl (C=O) groups excluding carboxylic acids is 1. The van der Waals surface area contributed by atoms with Gasteiger partial charge in [-0.2, -0.15) is 0 Å². The maximum Gasteiger partial charge on any atom is 0.164 e. The summed E-state index contributed by atoms with van der Waals surface area (Å²) in [6.07, 6.45) is 2.43. The molecule has 0 aromatic heterocycles. The predicted molar refractivity (Wildman–Crippen MR) is 71.8 cm³/mol. The lowest BCUT2D eigenvalue weighted by atomic mass is 10.1. The number of para-hydroxylation sites is 1. The van der Waals surface area contributed by atoms with E-state index in [9.17, 15) is 4.79 Å². The number of benzene rings is 1. The standard InChI is InChI=1S/C15H20O4/c1-11(16)9-12-5-3-7-14(15(12)17-2)19-13-6-4-8-18-10-13/h3,5,7,13H,4,6,8-10H2,1-2H3. The Morgan fingerprint density at radius 1 is 1.47 bits per heavy atom. The van der Waals surface area contributed by atoms with Gasteiger partial charge in [0.05, 0.1) is 13.7 Å². The highest BCUT2D eigenvalue weighted by Gasteiger charge is 2.19. The van der Waals surface area contributed by atoms with Crippen molar-refractivity contribution in [3.63, 3.8) is 0 Å². The lowest BCUT2D eigenvalue weighted by molar-refractivity contribution is -0.116. The summed E-state index contributed by atoms with van der Waals surface area (Å²) in [6.45, 7) is 2.99. The van der Waals surface area contributed by atoms with Crippen molar-refractivity contribution in [1.82, 2.24) is 0 Å². The molecular formula is C15H20O4. The number of Topliss-reactive ketones (excluding diaryl/α,β-unsaturated/α-hetero) is 1. The molecule has 1 heterocycles. The third-order valence-electron chi connectivity index (χ3n) is 3.12. The highest BCUT2D eigenvalue weighted by atomic mass is 16.5. The minimum Gasteiger partial charge on any atom is -0.493 e. The zero-order chi connectivity index (χ0) is 13.7. The molecule has 1 saturated heterocycles. The largest absolute Gasteiger partial charge is 0.493 e. The molecule has 104 valence electrons. The first kappa shape index (κ1) is 13.9. The average Bonchev–Trinajstić information content (AvgIpc) is 2.39. The molecule has 1 aliphatic heterocycles. The molecule has 0 bridgehead atoms. The van der Waals surface area contributed by atoms with Gasteiger partial charge in [0, 0.05) is 18.6 Å². The minimum absolute atomic E-state index is 0.0650. The zero-order valence-electron chi connectivity index (χ0n) is 11.5. The van der Waals surface area contributed by atoms with Gasteiger partial charge in [-0.15, -0.1) is 0 Å². The van der Waals surface area contributed by atoms with Gasteiger partial charge in [-0.1, -0.05) is 12.1 Å². The van der Waals surface area contributed by atoms with E-state index < -0.39 is 0 Å². The van der Waals surface area contributed by atoms with Crippen LogP contribution in [0.25, 0.3) is 0 Å². The molecule has 0 radical (unpaired) electrons. The van der Waals surface area contributed by atoms with E-state index in [0.29, 0.717) is 24.5 Å². The number of methoxy groups -OCH3 is 1. The van der Waals surface area contributed by atoms with E-state index in [1.165, 1.54) is 0 Å². The number of carbonyl (C=O) groups is 1. The fraction of sp³-hybridized carbons (Fsp3) is 0.533. The third kappa shape index (κ3) is 3.70. The van der Waals surface area contributed by atoms with Crippen molar-refractivity contribution in [1.29, 1.82) is 0 Å². The molecule has 0 aliphatic carbocycles. The zero-order valence-corrected chi connectivity index (χ0v) is 11.5. The summed E-state index contributed by atoms with van der Waals surface area (Å²) in [5, 5.41) is 0. The molecule has 1 atom stereocenters. The number of rotatable bonds is 5. The Balaban J connectivity index is 2.16. The smallest absolute Gasteiger partial charge is 0.164 e. The molecule has 19 heavy (non-hydrogen) atoms. The van der Waals surface area contributed by atoms with Crippen LogP contribution in [0.2, 0.25) is 0 Å². The second kappa shape index (κ2) is 6.57. The Kier molecular flexibility index (Phi) is 4.80. The average molecular weight is 264 g/mol. The molecule has 2 rings (SSSR count). The van der Waals surface area contributed by atoms with Crippen molar-refractivity contribution in [3.8, 4) is 11.5 Å². The molecule has 1 aromatic rings. The Hall–Kier alpha value is -1.55. The number of hydrogen-bond donors (Lipinski definition) is 0. The first-order chi connectivity index (χ1) is 9.20. The van der Waals surface area contributed by atoms with E-state index in [0.717, 1.165) is 25.0 Å². The molecule has 4 nitrogen and oxygen atoms in total. The molecule has 0 spiro atoms. The van der Waals surface area contributed by atoms with Gasteiger partial charge < -0.3 is 14.2 Å². The van der Waals surface area contributed by atoms with Crippen molar-refractivity contribution in [2.24, 2.45) is 0 Å². The van der Waals surface area contributed by atoms with E-state index in [4.69, 9.17) is 14.2 Å². The molecule has 1 aliphatic rings. The van der Waals surface area contributed by atoms with Crippen LogP contribution in [0.15, 0.2) is 18.2 Å². The number of ether oxygens (including phenoxy) is 3. The molecule has 1 unspecified atom stereocenters. The van der Waals surface area contributed by atoms with Gasteiger partial charge in [0.25, 0.3) is 0 Å². The van der Waals surface area contributed by atoms with Crippen molar-refractivity contribution in [2.45, 2.75) is 32.3 Å². The number of ketones is 1. The highest BCUT2D eigenvalue weighted by Crippen LogP contribution is 2.33. The van der Waals surface area contributed by atoms with Crippen LogP contribution in [0.5, 0.6) is 11.5 Å². The first-order valence-corrected chi connectivity index (χ1v) is 6.60. The summed E-state index contributed by atoms with van der Waals surface area (Å²) in [4.78, 5) is 11.3. The molecule has 4 heteroatoms. The Labute approximate surface area is 113 Å². The highest BCUT2D eigenvalue weighted by molar-refractivity contribution is 5.79. The van der Waals surface area contributed by atoms with Crippen molar-refractivity contribution < 1.29 is 19.0 Å². The molecule has 1 fully saturated rings. The topological polar surface area (TPSA) is 44.8 Å². The normalized spacial score (nSPS) is 18.9. The monoisotopic (exact) mass is 264 g/mol. The van der Waals surface area contributed by atoms with Crippen LogP contribution in [0.4, 0.5) is 0 Å². The third-order valence-corrected chi connectivity index (χ3v) is 3.12. The summed E-state index contributed by atoms with van der Waals surface area (Å²) in [7, 11) is 1.60. The van der Waals surface area contributed by atoms with Crippen LogP contribution < -0.4 is 9.47 Å². The SMILES string of the molecule is COc1c(CC(C)=O)cccc1OC1CCCOC1. The second-order valence-corrected chi connectivity index (χ2v) is 4.78. The minimum atomic E-state index is 0.0650. The van der Waals surface area contributed by atoms with Crippen LogP contribution in [-0.4, -0.2) is 32.2 Å². The van der Waals surface area contributed by atoms with Crippen LogP contribution in [0.3, 0.4) is 0 Å². The summed E-state index contributed by atoms with van der Waals surface area (Å²) >= 11 is 0. The lowest BCUT2D eigenvalue weighted by Crippen LogP contribution is -2.28. The Morgan fingerprint density at radius 3 is 2.95 bits per heavy atom. The fourth-order valence-corrected chi connectivity index (χ4v) is 2.28. The van der Waals surface area contributed by atoms with E-state index in [1.807, 2.05) is 18.2 Å². The van der Waals surface area contributed by atoms with Gasteiger partial charge in [0.2, 0.25) is 0 Å². The van der Waals surface area contributed by atoms with Gasteiger partial charge in [0.1, 0.15) is 11.9 Å². The van der Waals surface area contributed by atoms with Gasteiger partial charge in [-0.3, -0.25) is 4.79 Å². The van der Waals surface area contributed by atoms with E-state index >= 15 is 0 Å². The van der Waals surface area contributed by atoms with E-state index in [2.05, 4.69) is 0 Å². The molecule has 1 aromatic carbocycles. The van der Waals surface area contributed by atoms with Crippen LogP contribution in [0.1, 0.15) is 25.3 Å². The summed E-state index contributed by atoms with van der Waals surface area (Å²) in [5.41, 5.74) is 0.865. The van der Waals surface area contributed by atoms with Crippen molar-refractivity contribution in [2.75, 3.05) is 20.3 Å². The first-order valence-electron chi connectivity index (χ1n) is 6.60. The van der Waals surface area contributed by atoms with Crippen molar-refractivity contribution >= 4 is 5.78 Å². The molecule has 0 amide bonds. The quantitative estimate of drug-likeness (QED) is 0.819. The van der Waals surface area contributed by atoms with Gasteiger partial charge >= 0.3 is 0 Å². The molecular weight excluding hydrogens is 244 g/mol. The maximum absolute atomic E-state index is 11.3. The summed E-state index contributed by atoms with van der Waals surface area (Å²) in [6, 6.07) is 5.65. The van der Waals surface area contributed by atoms with Crippen LogP contribution in [-0.2, 0) is 16.0 Å². The number of hydrogen-bond acceptors (Lipinski definition) is 4. The van der Waals surface area contributed by atoms with Crippen LogP contribution in [0, 0.1) is 0 Å². The summed E-state index contributed by atoms with van der Waals surface area (Å²) < 4.78 is 16.7. The second-order valence-electron chi connectivity index (χ2n) is 4.78. The van der Waals surface area contributed by atoms with Gasteiger partial charge in [0.15, 0.2) is 11.5 Å². The Bertz CT molecular complexity index is 436. The fourth-order valence-electron chi connectivity index (χ4n) is 2.28. The Morgan fingerprint density at radius 2 is 2.32 bits per heavy atom.